The predicted molar refractivity (Wildman–Crippen MR) is 53.4 cm³/mol. The molecule has 0 aliphatic heterocycles. The van der Waals surface area contributed by atoms with Crippen LogP contribution < -0.4 is 0 Å². The summed E-state index contributed by atoms with van der Waals surface area (Å²) in [5.41, 5.74) is 3.02. The highest BCUT2D eigenvalue weighted by atomic mass is 16.1. The zero-order chi connectivity index (χ0) is 9.42. The molecule has 72 valence electrons. The minimum absolute atomic E-state index is 0.267. The summed E-state index contributed by atoms with van der Waals surface area (Å²) in [7, 11) is 0. The lowest BCUT2D eigenvalue weighted by atomic mass is 9.72. The SMILES string of the molecule is CC1=C2[C@H](C=O)CCC(C)[C@H]2CC1. The molecule has 3 atom stereocenters. The molecule has 0 aromatic rings. The van der Waals surface area contributed by atoms with E-state index in [0.717, 1.165) is 18.3 Å². The maximum atomic E-state index is 10.9. The average Bonchev–Trinajstić information content (AvgIpc) is 2.51. The van der Waals surface area contributed by atoms with E-state index < -0.39 is 0 Å². The van der Waals surface area contributed by atoms with E-state index >= 15 is 0 Å². The van der Waals surface area contributed by atoms with Gasteiger partial charge in [0.2, 0.25) is 0 Å². The summed E-state index contributed by atoms with van der Waals surface area (Å²) in [5, 5.41) is 0. The highest BCUT2D eigenvalue weighted by molar-refractivity contribution is 5.61. The van der Waals surface area contributed by atoms with Gasteiger partial charge in [-0.1, -0.05) is 18.1 Å². The Morgan fingerprint density at radius 2 is 2.08 bits per heavy atom. The van der Waals surface area contributed by atoms with E-state index in [0.29, 0.717) is 0 Å². The number of aldehydes is 1. The van der Waals surface area contributed by atoms with Gasteiger partial charge in [0.25, 0.3) is 0 Å². The summed E-state index contributed by atoms with van der Waals surface area (Å²) in [6, 6.07) is 0. The third kappa shape index (κ3) is 1.34. The van der Waals surface area contributed by atoms with Crippen molar-refractivity contribution < 1.29 is 4.79 Å². The van der Waals surface area contributed by atoms with Crippen molar-refractivity contribution in [3.05, 3.63) is 11.1 Å². The molecule has 0 aromatic heterocycles. The van der Waals surface area contributed by atoms with Gasteiger partial charge >= 0.3 is 0 Å². The molecule has 0 heterocycles. The number of carbonyl (C=O) groups excluding carboxylic acids is 1. The molecule has 0 bridgehead atoms. The first-order valence-corrected chi connectivity index (χ1v) is 5.39. The Kier molecular flexibility index (Phi) is 2.27. The van der Waals surface area contributed by atoms with E-state index in [2.05, 4.69) is 13.8 Å². The van der Waals surface area contributed by atoms with Crippen LogP contribution in [-0.4, -0.2) is 6.29 Å². The smallest absolute Gasteiger partial charge is 0.127 e. The second-order valence-corrected chi connectivity index (χ2v) is 4.68. The normalized spacial score (nSPS) is 39.1. The number of fused-ring (bicyclic) bond motifs is 1. The van der Waals surface area contributed by atoms with Gasteiger partial charge in [-0.3, -0.25) is 0 Å². The monoisotopic (exact) mass is 178 g/mol. The topological polar surface area (TPSA) is 17.1 Å². The molecule has 2 rings (SSSR count). The molecular weight excluding hydrogens is 160 g/mol. The van der Waals surface area contributed by atoms with E-state index in [1.165, 1.54) is 36.7 Å². The quantitative estimate of drug-likeness (QED) is 0.445. The highest BCUT2D eigenvalue weighted by Crippen LogP contribution is 2.46. The molecule has 1 heteroatoms. The predicted octanol–water partition coefficient (Wildman–Crippen LogP) is 2.96. The van der Waals surface area contributed by atoms with Gasteiger partial charge in [-0.05, 0) is 44.4 Å². The van der Waals surface area contributed by atoms with Crippen LogP contribution in [0.3, 0.4) is 0 Å². The molecule has 0 spiro atoms. The molecule has 2 aliphatic carbocycles. The van der Waals surface area contributed by atoms with Crippen LogP contribution in [0.1, 0.15) is 39.5 Å². The summed E-state index contributed by atoms with van der Waals surface area (Å²) >= 11 is 0. The lowest BCUT2D eigenvalue weighted by Gasteiger charge is -2.32. The van der Waals surface area contributed by atoms with Crippen molar-refractivity contribution >= 4 is 6.29 Å². The van der Waals surface area contributed by atoms with Gasteiger partial charge < -0.3 is 4.79 Å². The molecule has 0 radical (unpaired) electrons. The number of carbonyl (C=O) groups is 1. The molecular formula is C12H18O. The molecule has 2 aliphatic rings. The van der Waals surface area contributed by atoms with Crippen LogP contribution in [0.5, 0.6) is 0 Å². The first-order valence-electron chi connectivity index (χ1n) is 5.39. The van der Waals surface area contributed by atoms with Crippen molar-refractivity contribution in [3.8, 4) is 0 Å². The van der Waals surface area contributed by atoms with Crippen LogP contribution in [0.4, 0.5) is 0 Å². The number of hydrogen-bond donors (Lipinski definition) is 0. The fourth-order valence-electron chi connectivity index (χ4n) is 3.11. The molecule has 13 heavy (non-hydrogen) atoms. The largest absolute Gasteiger partial charge is 0.303 e. The van der Waals surface area contributed by atoms with Crippen LogP contribution in [0.15, 0.2) is 11.1 Å². The van der Waals surface area contributed by atoms with Crippen LogP contribution >= 0.6 is 0 Å². The van der Waals surface area contributed by atoms with Crippen molar-refractivity contribution in [2.24, 2.45) is 17.8 Å². The Balaban J connectivity index is 2.30. The molecule has 0 aromatic carbocycles. The van der Waals surface area contributed by atoms with E-state index in [4.69, 9.17) is 0 Å². The fourth-order valence-corrected chi connectivity index (χ4v) is 3.11. The molecule has 1 unspecified atom stereocenters. The number of rotatable bonds is 1. The minimum Gasteiger partial charge on any atom is -0.303 e. The van der Waals surface area contributed by atoms with Crippen LogP contribution in [0.2, 0.25) is 0 Å². The molecule has 1 saturated carbocycles. The zero-order valence-electron chi connectivity index (χ0n) is 8.55. The zero-order valence-corrected chi connectivity index (χ0v) is 8.55. The number of allylic oxidation sites excluding steroid dienone is 2. The van der Waals surface area contributed by atoms with E-state index in [-0.39, 0.29) is 5.92 Å². The Labute approximate surface area is 80.2 Å². The van der Waals surface area contributed by atoms with Crippen LogP contribution in [0, 0.1) is 17.8 Å². The maximum absolute atomic E-state index is 10.9. The standard InChI is InChI=1S/C12H18O/c1-8-3-5-10(7-13)12-9(2)4-6-11(8)12/h7-8,10-11H,3-6H2,1-2H3/t8?,10-,11+/m0/s1. The van der Waals surface area contributed by atoms with Crippen molar-refractivity contribution in [1.82, 2.24) is 0 Å². The molecule has 0 N–H and O–H groups in total. The van der Waals surface area contributed by atoms with Crippen molar-refractivity contribution in [2.75, 3.05) is 0 Å². The molecule has 1 nitrogen and oxygen atoms in total. The van der Waals surface area contributed by atoms with Crippen LogP contribution in [-0.2, 0) is 4.79 Å². The second-order valence-electron chi connectivity index (χ2n) is 4.68. The maximum Gasteiger partial charge on any atom is 0.127 e. The summed E-state index contributed by atoms with van der Waals surface area (Å²) < 4.78 is 0. The van der Waals surface area contributed by atoms with Gasteiger partial charge in [-0.25, -0.2) is 0 Å². The Bertz CT molecular complexity index is 252. The van der Waals surface area contributed by atoms with Crippen molar-refractivity contribution in [1.29, 1.82) is 0 Å². The second kappa shape index (κ2) is 3.28. The van der Waals surface area contributed by atoms with Gasteiger partial charge in [-0.15, -0.1) is 0 Å². The van der Waals surface area contributed by atoms with Gasteiger partial charge in [-0.2, -0.15) is 0 Å². The number of hydrogen-bond acceptors (Lipinski definition) is 1. The minimum atomic E-state index is 0.267. The fraction of sp³-hybridized carbons (Fsp3) is 0.750. The highest BCUT2D eigenvalue weighted by Gasteiger charge is 2.36. The van der Waals surface area contributed by atoms with Gasteiger partial charge in [0, 0.05) is 5.92 Å². The van der Waals surface area contributed by atoms with Crippen molar-refractivity contribution in [3.63, 3.8) is 0 Å². The Morgan fingerprint density at radius 1 is 1.31 bits per heavy atom. The summed E-state index contributed by atoms with van der Waals surface area (Å²) in [6.07, 6.45) is 6.03. The van der Waals surface area contributed by atoms with E-state index in [1.54, 1.807) is 0 Å². The Morgan fingerprint density at radius 3 is 2.77 bits per heavy atom. The van der Waals surface area contributed by atoms with Crippen LogP contribution in [0.25, 0.3) is 0 Å². The summed E-state index contributed by atoms with van der Waals surface area (Å²) in [4.78, 5) is 10.9. The first kappa shape index (κ1) is 8.98. The Hall–Kier alpha value is -0.590. The third-order valence-corrected chi connectivity index (χ3v) is 3.91. The van der Waals surface area contributed by atoms with E-state index in [1.807, 2.05) is 0 Å². The van der Waals surface area contributed by atoms with Gasteiger partial charge in [0.1, 0.15) is 6.29 Å². The molecule has 1 fully saturated rings. The summed E-state index contributed by atoms with van der Waals surface area (Å²) in [5.74, 6) is 1.82. The average molecular weight is 178 g/mol. The lowest BCUT2D eigenvalue weighted by Crippen LogP contribution is -2.24. The molecule has 0 amide bonds. The third-order valence-electron chi connectivity index (χ3n) is 3.91. The van der Waals surface area contributed by atoms with E-state index in [9.17, 15) is 4.79 Å². The molecule has 0 saturated heterocycles. The van der Waals surface area contributed by atoms with Crippen molar-refractivity contribution in [2.45, 2.75) is 39.5 Å². The first-order chi connectivity index (χ1) is 6.24. The lowest BCUT2D eigenvalue weighted by molar-refractivity contribution is -0.111. The van der Waals surface area contributed by atoms with Gasteiger partial charge in [0.05, 0.1) is 0 Å². The summed E-state index contributed by atoms with van der Waals surface area (Å²) in [6.45, 7) is 4.55. The van der Waals surface area contributed by atoms with Gasteiger partial charge in [0.15, 0.2) is 0 Å².